The molecule has 0 bridgehead atoms. The van der Waals surface area contributed by atoms with Crippen LogP contribution >= 0.6 is 0 Å². The Kier molecular flexibility index (Phi) is 4.75. The summed E-state index contributed by atoms with van der Waals surface area (Å²) < 4.78 is 0. The first kappa shape index (κ1) is 13.4. The lowest BCUT2D eigenvalue weighted by Crippen LogP contribution is -1.97. The molecule has 19 heavy (non-hydrogen) atoms. The quantitative estimate of drug-likeness (QED) is 0.758. The lowest BCUT2D eigenvalue weighted by atomic mass is 9.94. The lowest BCUT2D eigenvalue weighted by molar-refractivity contribution is 0.683. The van der Waals surface area contributed by atoms with Gasteiger partial charge in [-0.3, -0.25) is 0 Å². The fourth-order valence-corrected chi connectivity index (χ4v) is 2.26. The van der Waals surface area contributed by atoms with E-state index >= 15 is 0 Å². The third-order valence-electron chi connectivity index (χ3n) is 3.44. The molecule has 0 amide bonds. The van der Waals surface area contributed by atoms with Crippen molar-refractivity contribution in [3.05, 3.63) is 71.3 Å². The lowest BCUT2D eigenvalue weighted by Gasteiger charge is -2.09. The average molecular weight is 249 g/mol. The maximum Gasteiger partial charge on any atom is 0.0712 e. The smallest absolute Gasteiger partial charge is 0.0712 e. The summed E-state index contributed by atoms with van der Waals surface area (Å²) in [5.41, 5.74) is 3.78. The van der Waals surface area contributed by atoms with E-state index in [0.29, 0.717) is 0 Å². The minimum Gasteiger partial charge on any atom is -0.198 e. The molecule has 1 nitrogen and oxygen atoms in total. The van der Waals surface area contributed by atoms with Crippen LogP contribution in [0.2, 0.25) is 0 Å². The van der Waals surface area contributed by atoms with Crippen molar-refractivity contribution in [2.45, 2.75) is 32.1 Å². The SMILES string of the molecule is Cc1ccc(CCC[C@@H](C#N)c2ccccc2)cc1. The molecule has 0 spiro atoms. The second-order valence-corrected chi connectivity index (χ2v) is 4.97. The van der Waals surface area contributed by atoms with E-state index in [2.05, 4.69) is 37.3 Å². The van der Waals surface area contributed by atoms with Crippen LogP contribution in [0.15, 0.2) is 54.6 Å². The van der Waals surface area contributed by atoms with Crippen LogP contribution in [0.1, 0.15) is 35.4 Å². The van der Waals surface area contributed by atoms with E-state index in [9.17, 15) is 5.26 Å². The molecule has 0 N–H and O–H groups in total. The molecule has 2 rings (SSSR count). The fourth-order valence-electron chi connectivity index (χ4n) is 2.26. The van der Waals surface area contributed by atoms with E-state index in [-0.39, 0.29) is 5.92 Å². The first-order valence-corrected chi connectivity index (χ1v) is 6.79. The molecule has 2 aromatic rings. The highest BCUT2D eigenvalue weighted by molar-refractivity contribution is 5.25. The molecule has 0 aliphatic rings. The number of nitrogens with zero attached hydrogens (tertiary/aromatic N) is 1. The normalized spacial score (nSPS) is 11.8. The van der Waals surface area contributed by atoms with Gasteiger partial charge in [0.1, 0.15) is 0 Å². The molecule has 0 aliphatic carbocycles. The Labute approximate surface area is 115 Å². The van der Waals surface area contributed by atoms with E-state index in [1.54, 1.807) is 0 Å². The second-order valence-electron chi connectivity index (χ2n) is 4.97. The number of nitriles is 1. The highest BCUT2D eigenvalue weighted by Crippen LogP contribution is 2.21. The Morgan fingerprint density at radius 1 is 1.00 bits per heavy atom. The minimum absolute atomic E-state index is 0.0200. The van der Waals surface area contributed by atoms with Crippen molar-refractivity contribution in [1.82, 2.24) is 0 Å². The molecule has 0 heterocycles. The largest absolute Gasteiger partial charge is 0.198 e. The molecule has 0 unspecified atom stereocenters. The predicted molar refractivity (Wildman–Crippen MR) is 78.9 cm³/mol. The van der Waals surface area contributed by atoms with Crippen LogP contribution in [0.25, 0.3) is 0 Å². The van der Waals surface area contributed by atoms with Gasteiger partial charge in [0.15, 0.2) is 0 Å². The topological polar surface area (TPSA) is 23.8 Å². The number of hydrogen-bond donors (Lipinski definition) is 0. The van der Waals surface area contributed by atoms with Crippen LogP contribution in [-0.4, -0.2) is 0 Å². The maximum absolute atomic E-state index is 9.26. The molecule has 0 fully saturated rings. The molecular weight excluding hydrogens is 230 g/mol. The summed E-state index contributed by atoms with van der Waals surface area (Å²) in [6.07, 6.45) is 3.02. The molecule has 0 aromatic heterocycles. The molecule has 1 atom stereocenters. The van der Waals surface area contributed by atoms with E-state index in [1.807, 2.05) is 30.3 Å². The maximum atomic E-state index is 9.26. The second kappa shape index (κ2) is 6.75. The van der Waals surface area contributed by atoms with Crippen LogP contribution < -0.4 is 0 Å². The highest BCUT2D eigenvalue weighted by atomic mass is 14.3. The monoisotopic (exact) mass is 249 g/mol. The third-order valence-corrected chi connectivity index (χ3v) is 3.44. The molecule has 2 aromatic carbocycles. The standard InChI is InChI=1S/C18H19N/c1-15-10-12-16(13-11-15)6-5-9-18(14-19)17-7-3-2-4-8-17/h2-4,7-8,10-13,18H,5-6,9H2,1H3/t18-/m0/s1. The van der Waals surface area contributed by atoms with E-state index in [1.165, 1.54) is 11.1 Å². The molecule has 0 saturated heterocycles. The van der Waals surface area contributed by atoms with Gasteiger partial charge in [0.2, 0.25) is 0 Å². The van der Waals surface area contributed by atoms with Gasteiger partial charge in [-0.15, -0.1) is 0 Å². The van der Waals surface area contributed by atoms with Crippen LogP contribution in [0, 0.1) is 18.3 Å². The van der Waals surface area contributed by atoms with Gasteiger partial charge in [0, 0.05) is 0 Å². The average Bonchev–Trinajstić information content (AvgIpc) is 2.46. The van der Waals surface area contributed by atoms with Gasteiger partial charge >= 0.3 is 0 Å². The summed E-state index contributed by atoms with van der Waals surface area (Å²) in [5.74, 6) is 0.0200. The fraction of sp³-hybridized carbons (Fsp3) is 0.278. The summed E-state index contributed by atoms with van der Waals surface area (Å²) >= 11 is 0. The van der Waals surface area contributed by atoms with E-state index in [4.69, 9.17) is 0 Å². The van der Waals surface area contributed by atoms with Crippen molar-refractivity contribution in [2.75, 3.05) is 0 Å². The van der Waals surface area contributed by atoms with Crippen molar-refractivity contribution in [1.29, 1.82) is 5.26 Å². The van der Waals surface area contributed by atoms with Gasteiger partial charge in [0.05, 0.1) is 12.0 Å². The van der Waals surface area contributed by atoms with Crippen LogP contribution in [-0.2, 0) is 6.42 Å². The zero-order valence-electron chi connectivity index (χ0n) is 11.3. The Morgan fingerprint density at radius 2 is 1.68 bits per heavy atom. The van der Waals surface area contributed by atoms with Crippen LogP contribution in [0.5, 0.6) is 0 Å². The summed E-state index contributed by atoms with van der Waals surface area (Å²) in [5, 5.41) is 9.26. The minimum atomic E-state index is 0.0200. The van der Waals surface area contributed by atoms with Gasteiger partial charge in [-0.05, 0) is 37.3 Å². The van der Waals surface area contributed by atoms with Gasteiger partial charge in [0.25, 0.3) is 0 Å². The molecule has 0 saturated carbocycles. The molecule has 1 heteroatoms. The van der Waals surface area contributed by atoms with Crippen LogP contribution in [0.4, 0.5) is 0 Å². The zero-order valence-corrected chi connectivity index (χ0v) is 11.3. The predicted octanol–water partition coefficient (Wildman–Crippen LogP) is 4.63. The van der Waals surface area contributed by atoms with Gasteiger partial charge in [-0.25, -0.2) is 0 Å². The van der Waals surface area contributed by atoms with Crippen molar-refractivity contribution in [2.24, 2.45) is 0 Å². The molecule has 0 radical (unpaired) electrons. The summed E-state index contributed by atoms with van der Waals surface area (Å²) in [7, 11) is 0. The first-order valence-electron chi connectivity index (χ1n) is 6.79. The van der Waals surface area contributed by atoms with Gasteiger partial charge in [-0.1, -0.05) is 60.2 Å². The van der Waals surface area contributed by atoms with Gasteiger partial charge in [-0.2, -0.15) is 5.26 Å². The van der Waals surface area contributed by atoms with E-state index < -0.39 is 0 Å². The first-order chi connectivity index (χ1) is 9.29. The Bertz CT molecular complexity index is 534. The molecule has 96 valence electrons. The third kappa shape index (κ3) is 3.96. The summed E-state index contributed by atoms with van der Waals surface area (Å²) in [6.45, 7) is 2.10. The van der Waals surface area contributed by atoms with E-state index in [0.717, 1.165) is 24.8 Å². The van der Waals surface area contributed by atoms with Crippen molar-refractivity contribution >= 4 is 0 Å². The Morgan fingerprint density at radius 3 is 2.32 bits per heavy atom. The molecule has 0 aliphatic heterocycles. The Hall–Kier alpha value is -2.07. The number of hydrogen-bond acceptors (Lipinski definition) is 1. The van der Waals surface area contributed by atoms with Crippen molar-refractivity contribution in [3.8, 4) is 6.07 Å². The highest BCUT2D eigenvalue weighted by Gasteiger charge is 2.09. The number of aryl methyl sites for hydroxylation is 2. The van der Waals surface area contributed by atoms with Crippen LogP contribution in [0.3, 0.4) is 0 Å². The number of rotatable bonds is 5. The van der Waals surface area contributed by atoms with Crippen molar-refractivity contribution in [3.63, 3.8) is 0 Å². The summed E-state index contributed by atoms with van der Waals surface area (Å²) in [6, 6.07) is 21.1. The summed E-state index contributed by atoms with van der Waals surface area (Å²) in [4.78, 5) is 0. The van der Waals surface area contributed by atoms with Crippen molar-refractivity contribution < 1.29 is 0 Å². The van der Waals surface area contributed by atoms with Gasteiger partial charge < -0.3 is 0 Å². The Balaban J connectivity index is 1.88. The molecular formula is C18H19N. The number of benzene rings is 2. The zero-order chi connectivity index (χ0) is 13.5.